The normalized spacial score (nSPS) is 26.0. The van der Waals surface area contributed by atoms with Crippen molar-refractivity contribution < 1.29 is 14.3 Å². The first-order chi connectivity index (χ1) is 12.5. The maximum Gasteiger partial charge on any atom is 0.330 e. The Morgan fingerprint density at radius 2 is 1.77 bits per heavy atom. The molecule has 0 radical (unpaired) electrons. The third-order valence-electron chi connectivity index (χ3n) is 5.47. The number of hydrogen-bond acceptors (Lipinski definition) is 3. The zero-order valence-electron chi connectivity index (χ0n) is 14.9. The van der Waals surface area contributed by atoms with Crippen molar-refractivity contribution in [2.75, 3.05) is 6.61 Å². The highest BCUT2D eigenvalue weighted by molar-refractivity contribution is 6.01. The third-order valence-corrected chi connectivity index (χ3v) is 5.47. The van der Waals surface area contributed by atoms with Crippen LogP contribution in [-0.4, -0.2) is 18.5 Å². The highest BCUT2D eigenvalue weighted by Crippen LogP contribution is 2.54. The first-order valence-corrected chi connectivity index (χ1v) is 8.88. The van der Waals surface area contributed by atoms with E-state index in [0.29, 0.717) is 13.0 Å². The number of carbonyl (C=O) groups excluding carboxylic acids is 2. The first-order valence-electron chi connectivity index (χ1n) is 8.88. The number of benzene rings is 2. The van der Waals surface area contributed by atoms with Crippen LogP contribution in [0.15, 0.2) is 60.7 Å². The van der Waals surface area contributed by atoms with Crippen molar-refractivity contribution in [3.05, 3.63) is 82.9 Å². The van der Waals surface area contributed by atoms with Crippen LogP contribution in [0.25, 0.3) is 0 Å². The second-order valence-electron chi connectivity index (χ2n) is 7.13. The summed E-state index contributed by atoms with van der Waals surface area (Å²) in [5, 5.41) is 3.23. The topological polar surface area (TPSA) is 55.4 Å². The minimum Gasteiger partial charge on any atom is -0.463 e. The van der Waals surface area contributed by atoms with Crippen LogP contribution in [0.3, 0.4) is 0 Å². The Balaban J connectivity index is 1.84. The zero-order chi connectivity index (χ0) is 18.4. The minimum atomic E-state index is -0.558. The molecule has 0 saturated carbocycles. The summed E-state index contributed by atoms with van der Waals surface area (Å²) < 4.78 is 5.03. The van der Waals surface area contributed by atoms with Gasteiger partial charge >= 0.3 is 5.97 Å². The predicted octanol–water partition coefficient (Wildman–Crippen LogP) is 3.45. The summed E-state index contributed by atoms with van der Waals surface area (Å²) in [4.78, 5) is 24.4. The Morgan fingerprint density at radius 1 is 1.12 bits per heavy atom. The number of hydrogen-bond donors (Lipinski definition) is 1. The number of nitrogens with one attached hydrogen (secondary N) is 1. The number of amides is 1. The highest BCUT2D eigenvalue weighted by Gasteiger charge is 2.54. The molecule has 0 saturated heterocycles. The van der Waals surface area contributed by atoms with Crippen LogP contribution < -0.4 is 5.32 Å². The van der Waals surface area contributed by atoms with Gasteiger partial charge in [-0.15, -0.1) is 0 Å². The number of esters is 1. The van der Waals surface area contributed by atoms with Crippen LogP contribution in [-0.2, 0) is 20.5 Å². The molecule has 4 nitrogen and oxygen atoms in total. The van der Waals surface area contributed by atoms with E-state index in [9.17, 15) is 9.59 Å². The van der Waals surface area contributed by atoms with Crippen molar-refractivity contribution in [3.63, 3.8) is 0 Å². The average Bonchev–Trinajstić information content (AvgIpc) is 3.07. The van der Waals surface area contributed by atoms with E-state index in [2.05, 4.69) is 24.4 Å². The average molecular weight is 347 g/mol. The Morgan fingerprint density at radius 3 is 2.50 bits per heavy atom. The summed E-state index contributed by atoms with van der Waals surface area (Å²) in [6.07, 6.45) is 4.08. The third kappa shape index (κ3) is 2.29. The fourth-order valence-corrected chi connectivity index (χ4v) is 4.42. The summed E-state index contributed by atoms with van der Waals surface area (Å²) in [5.74, 6) is -0.392. The van der Waals surface area contributed by atoms with Crippen molar-refractivity contribution >= 4 is 11.9 Å². The molecule has 2 atom stereocenters. The van der Waals surface area contributed by atoms with Crippen LogP contribution in [0.2, 0.25) is 0 Å². The minimum absolute atomic E-state index is 0.0472. The fraction of sp³-hybridized carbons (Fsp3) is 0.273. The molecular weight excluding hydrogens is 326 g/mol. The molecule has 1 amide bonds. The van der Waals surface area contributed by atoms with Gasteiger partial charge in [-0.05, 0) is 36.1 Å². The number of ether oxygens (including phenoxy) is 1. The quantitative estimate of drug-likeness (QED) is 0.683. The number of rotatable bonds is 3. The lowest BCUT2D eigenvalue weighted by atomic mass is 9.79. The highest BCUT2D eigenvalue weighted by atomic mass is 16.5. The zero-order valence-corrected chi connectivity index (χ0v) is 14.9. The molecule has 0 aromatic heterocycles. The van der Waals surface area contributed by atoms with Gasteiger partial charge in [0.15, 0.2) is 0 Å². The molecule has 2 aliphatic rings. The van der Waals surface area contributed by atoms with E-state index in [4.69, 9.17) is 4.74 Å². The van der Waals surface area contributed by atoms with E-state index >= 15 is 0 Å². The van der Waals surface area contributed by atoms with Gasteiger partial charge < -0.3 is 10.1 Å². The smallest absolute Gasteiger partial charge is 0.330 e. The summed E-state index contributed by atoms with van der Waals surface area (Å²) in [6.45, 7) is 4.24. The molecule has 2 aromatic carbocycles. The number of allylic oxidation sites excluding steroid dienone is 1. The molecule has 1 heterocycles. The molecule has 1 aliphatic carbocycles. The number of carbonyl (C=O) groups is 2. The Bertz CT molecular complexity index is 932. The lowest BCUT2D eigenvalue weighted by Gasteiger charge is -2.29. The molecule has 1 aliphatic heterocycles. The first kappa shape index (κ1) is 16.6. The predicted molar refractivity (Wildman–Crippen MR) is 98.9 cm³/mol. The van der Waals surface area contributed by atoms with Crippen molar-refractivity contribution in [1.29, 1.82) is 0 Å². The van der Waals surface area contributed by atoms with Gasteiger partial charge in [-0.25, -0.2) is 4.79 Å². The molecule has 0 fully saturated rings. The van der Waals surface area contributed by atoms with Crippen molar-refractivity contribution in [1.82, 2.24) is 5.32 Å². The molecule has 0 bridgehead atoms. The molecule has 0 unspecified atom stereocenters. The Hall–Kier alpha value is -2.88. The maximum atomic E-state index is 12.6. The molecule has 2 aromatic rings. The lowest BCUT2D eigenvalue weighted by molar-refractivity contribution is -0.137. The summed E-state index contributed by atoms with van der Waals surface area (Å²) in [6, 6.07) is 15.9. The maximum absolute atomic E-state index is 12.6. The lowest BCUT2D eigenvalue weighted by Crippen LogP contribution is -2.39. The van der Waals surface area contributed by atoms with Crippen LogP contribution in [0.4, 0.5) is 0 Å². The Labute approximate surface area is 152 Å². The van der Waals surface area contributed by atoms with Crippen LogP contribution >= 0.6 is 0 Å². The largest absolute Gasteiger partial charge is 0.463 e. The van der Waals surface area contributed by atoms with Gasteiger partial charge in [0.25, 0.3) is 5.91 Å². The van der Waals surface area contributed by atoms with Crippen LogP contribution in [0.5, 0.6) is 0 Å². The van der Waals surface area contributed by atoms with Gasteiger partial charge in [-0.1, -0.05) is 55.5 Å². The van der Waals surface area contributed by atoms with E-state index in [0.717, 1.165) is 22.3 Å². The second-order valence-corrected chi connectivity index (χ2v) is 7.13. The van der Waals surface area contributed by atoms with Gasteiger partial charge in [-0.3, -0.25) is 4.79 Å². The van der Waals surface area contributed by atoms with Gasteiger partial charge in [-0.2, -0.15) is 0 Å². The van der Waals surface area contributed by atoms with Gasteiger partial charge in [0.2, 0.25) is 0 Å². The summed E-state index contributed by atoms with van der Waals surface area (Å²) in [5.41, 5.74) is 3.00. The van der Waals surface area contributed by atoms with Crippen molar-refractivity contribution in [2.45, 2.75) is 31.2 Å². The van der Waals surface area contributed by atoms with Crippen molar-refractivity contribution in [2.24, 2.45) is 0 Å². The molecular formula is C22H21NO3. The van der Waals surface area contributed by atoms with Gasteiger partial charge in [0.05, 0.1) is 12.1 Å². The SMILES string of the molecule is CCOC(=O)/C=C/[C@@]1(C)C[C@@]2(NC(=O)c3ccccc32)c2ccccc21. The summed E-state index contributed by atoms with van der Waals surface area (Å²) >= 11 is 0. The number of fused-ring (bicyclic) bond motifs is 4. The van der Waals surface area contributed by atoms with E-state index in [1.165, 1.54) is 6.08 Å². The monoisotopic (exact) mass is 347 g/mol. The second kappa shape index (κ2) is 5.84. The van der Waals surface area contributed by atoms with Gasteiger partial charge in [0.1, 0.15) is 0 Å². The molecule has 1 spiro atoms. The standard InChI is InChI=1S/C22H21NO3/c1-3-26-19(24)12-13-21(2)14-22(18-11-7-6-10-17(18)21)16-9-5-4-8-15(16)20(25)23-22/h4-13H,3,14H2,1-2H3,(H,23,25)/b13-12+/t21-,22-/m0/s1. The molecule has 4 rings (SSSR count). The van der Waals surface area contributed by atoms with Crippen LogP contribution in [0.1, 0.15) is 47.3 Å². The molecule has 132 valence electrons. The Kier molecular flexibility index (Phi) is 3.72. The fourth-order valence-electron chi connectivity index (χ4n) is 4.42. The van der Waals surface area contributed by atoms with E-state index in [1.54, 1.807) is 6.92 Å². The molecule has 4 heteroatoms. The summed E-state index contributed by atoms with van der Waals surface area (Å²) in [7, 11) is 0. The van der Waals surface area contributed by atoms with E-state index < -0.39 is 5.54 Å². The van der Waals surface area contributed by atoms with E-state index in [-0.39, 0.29) is 17.3 Å². The molecule has 1 N–H and O–H groups in total. The molecule has 26 heavy (non-hydrogen) atoms. The van der Waals surface area contributed by atoms with E-state index in [1.807, 2.05) is 42.5 Å². The van der Waals surface area contributed by atoms with Gasteiger partial charge in [0, 0.05) is 17.1 Å². The van der Waals surface area contributed by atoms with Crippen molar-refractivity contribution in [3.8, 4) is 0 Å². The van der Waals surface area contributed by atoms with Crippen LogP contribution in [0, 0.1) is 0 Å².